The average molecular weight is 308 g/mol. The average Bonchev–Trinajstić information content (AvgIpc) is 2.83. The summed E-state index contributed by atoms with van der Waals surface area (Å²) in [4.78, 5) is 4.60. The highest BCUT2D eigenvalue weighted by Crippen LogP contribution is 2.19. The van der Waals surface area contributed by atoms with E-state index in [9.17, 15) is 0 Å². The molecule has 0 amide bonds. The summed E-state index contributed by atoms with van der Waals surface area (Å²) in [6, 6.07) is 0. The molecule has 2 heteroatoms. The molecule has 0 aromatic rings. The van der Waals surface area contributed by atoms with Crippen molar-refractivity contribution in [1.29, 1.82) is 0 Å². The van der Waals surface area contributed by atoms with E-state index in [-0.39, 0.29) is 5.54 Å². The van der Waals surface area contributed by atoms with Gasteiger partial charge in [-0.3, -0.25) is 0 Å². The largest absolute Gasteiger partial charge is 0.478 e. The third kappa shape index (κ3) is 10.0. The molecule has 0 aliphatic carbocycles. The highest BCUT2D eigenvalue weighted by molar-refractivity contribution is 5.78. The van der Waals surface area contributed by atoms with Gasteiger partial charge in [-0.1, -0.05) is 57.6 Å². The molecular formula is C20H37NO. The number of allylic oxidation sites excluding steroid dienone is 2. The molecule has 0 aromatic heterocycles. The minimum Gasteiger partial charge on any atom is -0.478 e. The molecule has 128 valence electrons. The number of aliphatic imine (C=N–C) groups is 1. The summed E-state index contributed by atoms with van der Waals surface area (Å²) in [6.45, 7) is 7.30. The van der Waals surface area contributed by atoms with Gasteiger partial charge in [0.2, 0.25) is 0 Å². The van der Waals surface area contributed by atoms with Gasteiger partial charge < -0.3 is 4.74 Å². The van der Waals surface area contributed by atoms with Crippen LogP contribution in [0.3, 0.4) is 0 Å². The van der Waals surface area contributed by atoms with E-state index in [1.807, 2.05) is 0 Å². The van der Waals surface area contributed by atoms with Crippen LogP contribution < -0.4 is 0 Å². The fourth-order valence-electron chi connectivity index (χ4n) is 2.78. The van der Waals surface area contributed by atoms with Crippen LogP contribution in [0.1, 0.15) is 97.8 Å². The Bertz CT molecular complexity index is 331. The maximum atomic E-state index is 5.61. The summed E-state index contributed by atoms with van der Waals surface area (Å²) in [6.07, 6.45) is 20.4. The van der Waals surface area contributed by atoms with Crippen molar-refractivity contribution in [3.8, 4) is 0 Å². The highest BCUT2D eigenvalue weighted by Gasteiger charge is 2.25. The molecule has 1 rings (SSSR count). The second-order valence-electron chi connectivity index (χ2n) is 7.23. The van der Waals surface area contributed by atoms with Crippen LogP contribution in [0.2, 0.25) is 0 Å². The molecule has 22 heavy (non-hydrogen) atoms. The van der Waals surface area contributed by atoms with Crippen LogP contribution in [-0.2, 0) is 4.74 Å². The van der Waals surface area contributed by atoms with E-state index < -0.39 is 0 Å². The highest BCUT2D eigenvalue weighted by atomic mass is 16.5. The Labute approximate surface area is 138 Å². The standard InChI is InChI=1S/C20H37NO/c1-4-5-6-7-8-9-10-11-12-13-14-15-16-17-19-21-20(2,3)18-22-19/h11-12H,4-10,13-18H2,1-3H3/b12-11-. The summed E-state index contributed by atoms with van der Waals surface area (Å²) in [5, 5.41) is 0. The lowest BCUT2D eigenvalue weighted by molar-refractivity contribution is 0.273. The Hall–Kier alpha value is -0.790. The molecule has 0 unspecified atom stereocenters. The SMILES string of the molecule is CCCCCCCC/C=C\CCCCCC1=NC(C)(C)CO1. The van der Waals surface area contributed by atoms with Crippen LogP contribution in [0.5, 0.6) is 0 Å². The molecule has 0 radical (unpaired) electrons. The summed E-state index contributed by atoms with van der Waals surface area (Å²) in [5.74, 6) is 0.976. The summed E-state index contributed by atoms with van der Waals surface area (Å²) < 4.78 is 5.61. The second kappa shape index (κ2) is 11.7. The van der Waals surface area contributed by atoms with E-state index in [0.717, 1.165) is 18.9 Å². The normalized spacial score (nSPS) is 17.0. The molecule has 0 saturated carbocycles. The quantitative estimate of drug-likeness (QED) is 0.283. The fourth-order valence-corrected chi connectivity index (χ4v) is 2.78. The van der Waals surface area contributed by atoms with E-state index in [0.29, 0.717) is 0 Å². The second-order valence-corrected chi connectivity index (χ2v) is 7.23. The molecular weight excluding hydrogens is 270 g/mol. The van der Waals surface area contributed by atoms with Crippen LogP contribution in [0.15, 0.2) is 17.1 Å². The van der Waals surface area contributed by atoms with Gasteiger partial charge in [0.15, 0.2) is 5.90 Å². The van der Waals surface area contributed by atoms with Crippen molar-refractivity contribution in [2.24, 2.45) is 4.99 Å². The first-order chi connectivity index (χ1) is 10.6. The van der Waals surface area contributed by atoms with Gasteiger partial charge in [0.1, 0.15) is 6.61 Å². The molecule has 1 aliphatic rings. The van der Waals surface area contributed by atoms with Crippen LogP contribution in [0, 0.1) is 0 Å². The van der Waals surface area contributed by atoms with Crippen molar-refractivity contribution >= 4 is 5.90 Å². The molecule has 2 nitrogen and oxygen atoms in total. The first-order valence-corrected chi connectivity index (χ1v) is 9.50. The van der Waals surface area contributed by atoms with Crippen molar-refractivity contribution in [2.45, 2.75) is 103 Å². The van der Waals surface area contributed by atoms with Gasteiger partial charge in [-0.2, -0.15) is 0 Å². The van der Waals surface area contributed by atoms with E-state index >= 15 is 0 Å². The number of hydrogen-bond acceptors (Lipinski definition) is 2. The Morgan fingerprint density at radius 3 is 2.09 bits per heavy atom. The number of hydrogen-bond donors (Lipinski definition) is 0. The Balaban J connectivity index is 1.84. The summed E-state index contributed by atoms with van der Waals surface area (Å²) in [7, 11) is 0. The first kappa shape index (κ1) is 19.3. The molecule has 0 fully saturated rings. The topological polar surface area (TPSA) is 21.6 Å². The molecule has 0 bridgehead atoms. The van der Waals surface area contributed by atoms with Gasteiger partial charge in [-0.25, -0.2) is 4.99 Å². The minimum absolute atomic E-state index is 0.00854. The molecule has 0 N–H and O–H groups in total. The van der Waals surface area contributed by atoms with Crippen molar-refractivity contribution in [3.05, 3.63) is 12.2 Å². The van der Waals surface area contributed by atoms with E-state index in [2.05, 4.69) is 37.9 Å². The third-order valence-electron chi connectivity index (χ3n) is 4.17. The van der Waals surface area contributed by atoms with Gasteiger partial charge in [0.05, 0.1) is 5.54 Å². The maximum Gasteiger partial charge on any atom is 0.183 e. The maximum absolute atomic E-state index is 5.61. The molecule has 1 heterocycles. The smallest absolute Gasteiger partial charge is 0.183 e. The van der Waals surface area contributed by atoms with Gasteiger partial charge in [-0.15, -0.1) is 0 Å². The van der Waals surface area contributed by atoms with Crippen molar-refractivity contribution in [3.63, 3.8) is 0 Å². The zero-order valence-electron chi connectivity index (χ0n) is 15.2. The van der Waals surface area contributed by atoms with Gasteiger partial charge in [-0.05, 0) is 46.0 Å². The summed E-state index contributed by atoms with van der Waals surface area (Å²) >= 11 is 0. The van der Waals surface area contributed by atoms with Crippen LogP contribution >= 0.6 is 0 Å². The van der Waals surface area contributed by atoms with E-state index in [1.54, 1.807) is 0 Å². The number of unbranched alkanes of at least 4 members (excludes halogenated alkanes) is 9. The predicted molar refractivity (Wildman–Crippen MR) is 97.7 cm³/mol. The molecule has 0 spiro atoms. The van der Waals surface area contributed by atoms with E-state index in [1.165, 1.54) is 70.6 Å². The molecule has 0 atom stereocenters. The van der Waals surface area contributed by atoms with Gasteiger partial charge in [0, 0.05) is 6.42 Å². The zero-order valence-corrected chi connectivity index (χ0v) is 15.2. The Kier molecular flexibility index (Phi) is 10.3. The van der Waals surface area contributed by atoms with Gasteiger partial charge >= 0.3 is 0 Å². The number of rotatable bonds is 13. The number of nitrogens with zero attached hydrogens (tertiary/aromatic N) is 1. The lowest BCUT2D eigenvalue weighted by Crippen LogP contribution is -2.17. The van der Waals surface area contributed by atoms with E-state index in [4.69, 9.17) is 4.74 Å². The van der Waals surface area contributed by atoms with Crippen LogP contribution in [0.25, 0.3) is 0 Å². The van der Waals surface area contributed by atoms with Crippen molar-refractivity contribution < 1.29 is 4.74 Å². The molecule has 1 aliphatic heterocycles. The number of ether oxygens (including phenoxy) is 1. The lowest BCUT2D eigenvalue weighted by atomic mass is 10.1. The Morgan fingerprint density at radius 2 is 1.50 bits per heavy atom. The van der Waals surface area contributed by atoms with Crippen molar-refractivity contribution in [2.75, 3.05) is 6.61 Å². The minimum atomic E-state index is 0.00854. The third-order valence-corrected chi connectivity index (χ3v) is 4.17. The predicted octanol–water partition coefficient (Wildman–Crippen LogP) is 6.45. The van der Waals surface area contributed by atoms with Crippen LogP contribution in [0.4, 0.5) is 0 Å². The van der Waals surface area contributed by atoms with Crippen molar-refractivity contribution in [1.82, 2.24) is 0 Å². The molecule has 0 saturated heterocycles. The first-order valence-electron chi connectivity index (χ1n) is 9.50. The molecule has 0 aromatic carbocycles. The van der Waals surface area contributed by atoms with Gasteiger partial charge in [0.25, 0.3) is 0 Å². The lowest BCUT2D eigenvalue weighted by Gasteiger charge is -2.07. The fraction of sp³-hybridized carbons (Fsp3) is 0.850. The summed E-state index contributed by atoms with van der Waals surface area (Å²) in [5.41, 5.74) is 0.00854. The monoisotopic (exact) mass is 307 g/mol. The zero-order chi connectivity index (χ0) is 16.1. The van der Waals surface area contributed by atoms with Crippen LogP contribution in [-0.4, -0.2) is 18.0 Å². The Morgan fingerprint density at radius 1 is 0.909 bits per heavy atom.